The Labute approximate surface area is 89.5 Å². The zero-order valence-electron chi connectivity index (χ0n) is 7.12. The minimum absolute atomic E-state index is 0.0561. The fraction of sp³-hybridized carbons (Fsp3) is 0.500. The molecule has 14 heavy (non-hydrogen) atoms. The first-order chi connectivity index (χ1) is 6.48. The molecule has 0 bridgehead atoms. The van der Waals surface area contributed by atoms with Gasteiger partial charge >= 0.3 is 0 Å². The molecule has 2 rings (SSSR count). The maximum absolute atomic E-state index is 11.1. The Bertz CT molecular complexity index is 450. The van der Waals surface area contributed by atoms with Gasteiger partial charge in [-0.1, -0.05) is 0 Å². The van der Waals surface area contributed by atoms with Crippen LogP contribution in [0.2, 0.25) is 0 Å². The summed E-state index contributed by atoms with van der Waals surface area (Å²) in [5.41, 5.74) is 0. The van der Waals surface area contributed by atoms with Crippen molar-refractivity contribution in [2.45, 2.75) is 10.9 Å². The van der Waals surface area contributed by atoms with Gasteiger partial charge in [0, 0.05) is 19.0 Å². The van der Waals surface area contributed by atoms with Crippen LogP contribution < -0.4 is 10.5 Å². The van der Waals surface area contributed by atoms with E-state index in [0.29, 0.717) is 5.82 Å². The summed E-state index contributed by atoms with van der Waals surface area (Å²) in [7, 11) is -3.72. The first-order valence-electron chi connectivity index (χ1n) is 3.97. The van der Waals surface area contributed by atoms with Crippen LogP contribution in [0.4, 0.5) is 0 Å². The first-order valence-corrected chi connectivity index (χ1v) is 6.31. The molecule has 1 aromatic rings. The number of nitrogens with two attached hydrogens (primary N) is 1. The van der Waals surface area contributed by atoms with Gasteiger partial charge in [0.15, 0.2) is 5.03 Å². The summed E-state index contributed by atoms with van der Waals surface area (Å²) in [5, 5.41) is 8.00. The molecule has 78 valence electrons. The molecule has 1 aliphatic rings. The van der Waals surface area contributed by atoms with E-state index in [-0.39, 0.29) is 15.5 Å². The van der Waals surface area contributed by atoms with Gasteiger partial charge in [0.25, 0.3) is 10.0 Å². The molecule has 0 radical (unpaired) electrons. The van der Waals surface area contributed by atoms with E-state index in [0.717, 1.165) is 13.1 Å². The molecule has 1 aromatic heterocycles. The second-order valence-electron chi connectivity index (χ2n) is 3.14. The van der Waals surface area contributed by atoms with Crippen molar-refractivity contribution >= 4 is 26.0 Å². The Morgan fingerprint density at radius 1 is 1.50 bits per heavy atom. The Morgan fingerprint density at radius 2 is 2.14 bits per heavy atom. The van der Waals surface area contributed by atoms with Gasteiger partial charge in [-0.15, -0.1) is 0 Å². The normalized spacial score (nSPS) is 18.1. The van der Waals surface area contributed by atoms with Crippen molar-refractivity contribution in [3.05, 3.63) is 10.4 Å². The van der Waals surface area contributed by atoms with Crippen molar-refractivity contribution < 1.29 is 8.42 Å². The number of aromatic nitrogens is 2. The highest BCUT2D eigenvalue weighted by Gasteiger charge is 2.26. The van der Waals surface area contributed by atoms with Gasteiger partial charge in [0.1, 0.15) is 10.4 Å². The number of sulfonamides is 1. The van der Waals surface area contributed by atoms with Crippen molar-refractivity contribution in [2.75, 3.05) is 13.1 Å². The molecule has 4 N–H and O–H groups in total. The van der Waals surface area contributed by atoms with E-state index in [1.54, 1.807) is 0 Å². The molecule has 0 saturated carbocycles. The smallest absolute Gasteiger partial charge is 0.256 e. The molecule has 0 unspecified atom stereocenters. The van der Waals surface area contributed by atoms with Gasteiger partial charge in [-0.05, 0) is 15.9 Å². The molecule has 1 aliphatic heterocycles. The average Bonchev–Trinajstić information content (AvgIpc) is 2.25. The molecule has 2 heterocycles. The number of nitrogens with one attached hydrogen (secondary N) is 2. The van der Waals surface area contributed by atoms with Gasteiger partial charge < -0.3 is 10.3 Å². The predicted molar refractivity (Wildman–Crippen MR) is 53.3 cm³/mol. The zero-order valence-corrected chi connectivity index (χ0v) is 9.52. The molecule has 1 fully saturated rings. The van der Waals surface area contributed by atoms with Gasteiger partial charge in [-0.2, -0.15) is 0 Å². The lowest BCUT2D eigenvalue weighted by molar-refractivity contribution is 0.431. The lowest BCUT2D eigenvalue weighted by Crippen LogP contribution is -2.40. The molecule has 0 aromatic carbocycles. The van der Waals surface area contributed by atoms with Crippen molar-refractivity contribution in [2.24, 2.45) is 5.14 Å². The van der Waals surface area contributed by atoms with Gasteiger partial charge in [0.2, 0.25) is 0 Å². The molecular formula is C6H9BrN4O2S. The van der Waals surface area contributed by atoms with Crippen LogP contribution in [0.15, 0.2) is 9.63 Å². The van der Waals surface area contributed by atoms with Gasteiger partial charge in [-0.25, -0.2) is 18.5 Å². The highest BCUT2D eigenvalue weighted by molar-refractivity contribution is 9.10. The van der Waals surface area contributed by atoms with Crippen LogP contribution in [0.25, 0.3) is 0 Å². The molecule has 0 atom stereocenters. The Kier molecular flexibility index (Phi) is 2.38. The molecule has 1 saturated heterocycles. The van der Waals surface area contributed by atoms with E-state index in [1.807, 2.05) is 0 Å². The number of primary sulfonamides is 1. The topological polar surface area (TPSA) is 101 Å². The lowest BCUT2D eigenvalue weighted by atomic mass is 10.0. The number of hydrogen-bond acceptors (Lipinski definition) is 4. The van der Waals surface area contributed by atoms with E-state index in [2.05, 4.69) is 31.2 Å². The number of rotatable bonds is 2. The summed E-state index contributed by atoms with van der Waals surface area (Å²) >= 11 is 3.05. The van der Waals surface area contributed by atoms with Crippen molar-refractivity contribution in [1.29, 1.82) is 0 Å². The minimum atomic E-state index is -3.72. The third-order valence-corrected chi connectivity index (χ3v) is 3.80. The Balaban J connectivity index is 2.39. The van der Waals surface area contributed by atoms with E-state index in [1.165, 1.54) is 0 Å². The summed E-state index contributed by atoms with van der Waals surface area (Å²) in [6, 6.07) is 0. The summed E-state index contributed by atoms with van der Waals surface area (Å²) < 4.78 is 22.4. The largest absolute Gasteiger partial charge is 0.331 e. The van der Waals surface area contributed by atoms with Crippen LogP contribution in [-0.2, 0) is 10.0 Å². The third kappa shape index (κ3) is 1.70. The zero-order chi connectivity index (χ0) is 10.3. The van der Waals surface area contributed by atoms with Gasteiger partial charge in [0.05, 0.1) is 0 Å². The molecular weight excluding hydrogens is 272 g/mol. The predicted octanol–water partition coefficient (Wildman–Crippen LogP) is -0.494. The third-order valence-electron chi connectivity index (χ3n) is 2.10. The monoisotopic (exact) mass is 280 g/mol. The molecule has 0 amide bonds. The number of imidazole rings is 1. The highest BCUT2D eigenvalue weighted by atomic mass is 79.9. The summed E-state index contributed by atoms with van der Waals surface area (Å²) in [4.78, 5) is 6.77. The standard InChI is InChI=1S/C6H9BrN4O2S/c7-4-6(14(8,12)13)11-5(10-4)3-1-9-2-3/h3,9H,1-2H2,(H,10,11)(H2,8,12,13). The van der Waals surface area contributed by atoms with Crippen molar-refractivity contribution in [3.8, 4) is 0 Å². The molecule has 8 heteroatoms. The number of aromatic amines is 1. The molecule has 6 nitrogen and oxygen atoms in total. The maximum atomic E-state index is 11.1. The van der Waals surface area contributed by atoms with Crippen molar-refractivity contribution in [3.63, 3.8) is 0 Å². The van der Waals surface area contributed by atoms with Crippen LogP contribution in [0.3, 0.4) is 0 Å². The van der Waals surface area contributed by atoms with Crippen LogP contribution in [0.1, 0.15) is 11.7 Å². The number of hydrogen-bond donors (Lipinski definition) is 3. The lowest BCUT2D eigenvalue weighted by Gasteiger charge is -2.24. The van der Waals surface area contributed by atoms with Crippen LogP contribution in [0.5, 0.6) is 0 Å². The highest BCUT2D eigenvalue weighted by Crippen LogP contribution is 2.23. The summed E-state index contributed by atoms with van der Waals surface area (Å²) in [6.07, 6.45) is 0. The average molecular weight is 281 g/mol. The molecule has 0 spiro atoms. The fourth-order valence-corrected chi connectivity index (χ4v) is 2.71. The number of halogens is 1. The first kappa shape index (κ1) is 10.1. The van der Waals surface area contributed by atoms with Crippen LogP contribution in [-0.4, -0.2) is 31.5 Å². The van der Waals surface area contributed by atoms with E-state index in [9.17, 15) is 8.42 Å². The molecule has 0 aliphatic carbocycles. The second kappa shape index (κ2) is 3.30. The number of nitrogens with zero attached hydrogens (tertiary/aromatic N) is 1. The van der Waals surface area contributed by atoms with E-state index in [4.69, 9.17) is 5.14 Å². The number of H-pyrrole nitrogens is 1. The van der Waals surface area contributed by atoms with Crippen LogP contribution >= 0.6 is 15.9 Å². The Morgan fingerprint density at radius 3 is 2.50 bits per heavy atom. The van der Waals surface area contributed by atoms with Crippen LogP contribution in [0, 0.1) is 0 Å². The van der Waals surface area contributed by atoms with E-state index < -0.39 is 10.0 Å². The summed E-state index contributed by atoms with van der Waals surface area (Å²) in [6.45, 7) is 1.62. The van der Waals surface area contributed by atoms with E-state index >= 15 is 0 Å². The Hall–Kier alpha value is -0.440. The SMILES string of the molecule is NS(=O)(=O)c1[nH]c(C2CNC2)nc1Br. The quantitative estimate of drug-likeness (QED) is 0.680. The summed E-state index contributed by atoms with van der Waals surface area (Å²) in [5.74, 6) is 0.904. The second-order valence-corrected chi connectivity index (χ2v) is 5.39. The maximum Gasteiger partial charge on any atom is 0.256 e. The van der Waals surface area contributed by atoms with Gasteiger partial charge in [-0.3, -0.25) is 0 Å². The van der Waals surface area contributed by atoms with Crippen molar-refractivity contribution in [1.82, 2.24) is 15.3 Å². The minimum Gasteiger partial charge on any atom is -0.331 e. The fourth-order valence-electron chi connectivity index (χ4n) is 1.22.